The Morgan fingerprint density at radius 1 is 0.447 bits per heavy atom. The van der Waals surface area contributed by atoms with Crippen LogP contribution in [0.15, 0.2) is 170 Å². The Hall–Kier alpha value is -5.66. The van der Waals surface area contributed by atoms with E-state index in [4.69, 9.17) is 0 Å². The Morgan fingerprint density at radius 3 is 1.83 bits per heavy atom. The number of rotatable bonds is 7. The van der Waals surface area contributed by atoms with Crippen LogP contribution in [-0.4, -0.2) is 4.57 Å². The molecule has 0 saturated heterocycles. The summed E-state index contributed by atoms with van der Waals surface area (Å²) in [5.74, 6) is 0.251. The lowest BCUT2D eigenvalue weighted by Gasteiger charge is -2.24. The van der Waals surface area contributed by atoms with E-state index < -0.39 is 0 Å². The molecule has 0 bridgehead atoms. The van der Waals surface area contributed by atoms with Crippen molar-refractivity contribution < 1.29 is 0 Å². The fourth-order valence-corrected chi connectivity index (χ4v) is 7.44. The number of aromatic nitrogens is 1. The normalized spacial score (nSPS) is 12.0. The fourth-order valence-electron chi connectivity index (χ4n) is 7.44. The molecule has 0 aliphatic heterocycles. The maximum Gasteiger partial charge on any atom is 0.0541 e. The van der Waals surface area contributed by atoms with Crippen molar-refractivity contribution in [3.05, 3.63) is 187 Å². The highest BCUT2D eigenvalue weighted by Gasteiger charge is 2.22. The number of hydrogen-bond acceptors (Lipinski definition) is 0. The SMILES string of the molecule is CCC(c1ccccc1-c1ccccc1)c1ccc(-c2ccc3c(c2)c2ccccc2n3-c2ccccc2)cc1-c1ccccc1C. The molecule has 0 aliphatic rings. The van der Waals surface area contributed by atoms with Crippen LogP contribution in [0.4, 0.5) is 0 Å². The molecule has 0 spiro atoms. The van der Waals surface area contributed by atoms with Gasteiger partial charge in [0, 0.05) is 22.4 Å². The van der Waals surface area contributed by atoms with Gasteiger partial charge in [-0.05, 0) is 99.8 Å². The lowest BCUT2D eigenvalue weighted by Crippen LogP contribution is -2.05. The molecule has 8 aromatic rings. The van der Waals surface area contributed by atoms with Crippen LogP contribution in [0, 0.1) is 6.92 Å². The minimum atomic E-state index is 0.251. The molecule has 0 aliphatic carbocycles. The van der Waals surface area contributed by atoms with E-state index in [0.717, 1.165) is 6.42 Å². The minimum Gasteiger partial charge on any atom is -0.309 e. The number of aryl methyl sites for hydroxylation is 1. The standard InChI is InChI=1S/C46H37N/c1-3-37(40-23-13-12-22-39(40)33-17-6-4-7-18-33)41-28-26-34(30-43(41)38-21-11-10-16-32(38)2)35-27-29-46-44(31-35)42-24-14-15-25-45(42)47(46)36-19-8-5-9-20-36/h4-31,37H,3H2,1-2H3. The summed E-state index contributed by atoms with van der Waals surface area (Å²) < 4.78 is 2.38. The van der Waals surface area contributed by atoms with Crippen molar-refractivity contribution in [1.82, 2.24) is 4.57 Å². The second kappa shape index (κ2) is 12.3. The molecule has 1 heterocycles. The van der Waals surface area contributed by atoms with Crippen LogP contribution in [0.3, 0.4) is 0 Å². The number of benzene rings is 7. The average Bonchev–Trinajstić information content (AvgIpc) is 3.47. The third-order valence-electron chi connectivity index (χ3n) is 9.71. The highest BCUT2D eigenvalue weighted by atomic mass is 15.0. The molecule has 7 aromatic carbocycles. The van der Waals surface area contributed by atoms with E-state index in [0.29, 0.717) is 0 Å². The summed E-state index contributed by atoms with van der Waals surface area (Å²) in [5, 5.41) is 2.54. The van der Waals surface area contributed by atoms with Crippen molar-refractivity contribution in [3.63, 3.8) is 0 Å². The summed E-state index contributed by atoms with van der Waals surface area (Å²) in [6, 6.07) is 62.1. The van der Waals surface area contributed by atoms with Crippen LogP contribution >= 0.6 is 0 Å². The van der Waals surface area contributed by atoms with E-state index in [1.165, 1.54) is 77.6 Å². The molecule has 1 heteroatoms. The molecule has 1 unspecified atom stereocenters. The minimum absolute atomic E-state index is 0.251. The zero-order valence-electron chi connectivity index (χ0n) is 26.9. The van der Waals surface area contributed by atoms with Gasteiger partial charge in [0.2, 0.25) is 0 Å². The monoisotopic (exact) mass is 603 g/mol. The summed E-state index contributed by atoms with van der Waals surface area (Å²) in [6.07, 6.45) is 1.01. The van der Waals surface area contributed by atoms with Gasteiger partial charge in [-0.25, -0.2) is 0 Å². The predicted molar refractivity (Wildman–Crippen MR) is 200 cm³/mol. The van der Waals surface area contributed by atoms with Crippen molar-refractivity contribution in [3.8, 4) is 39.1 Å². The van der Waals surface area contributed by atoms with Crippen LogP contribution in [0.1, 0.15) is 36.0 Å². The van der Waals surface area contributed by atoms with Crippen LogP contribution in [0.2, 0.25) is 0 Å². The van der Waals surface area contributed by atoms with E-state index >= 15 is 0 Å². The molecule has 0 N–H and O–H groups in total. The summed E-state index contributed by atoms with van der Waals surface area (Å²) in [7, 11) is 0. The second-order valence-electron chi connectivity index (χ2n) is 12.5. The third kappa shape index (κ3) is 5.15. The first-order chi connectivity index (χ1) is 23.2. The topological polar surface area (TPSA) is 4.93 Å². The van der Waals surface area contributed by atoms with Crippen molar-refractivity contribution in [1.29, 1.82) is 0 Å². The largest absolute Gasteiger partial charge is 0.309 e. The number of nitrogens with zero attached hydrogens (tertiary/aromatic N) is 1. The second-order valence-corrected chi connectivity index (χ2v) is 12.5. The highest BCUT2D eigenvalue weighted by Crippen LogP contribution is 2.43. The van der Waals surface area contributed by atoms with Crippen LogP contribution < -0.4 is 0 Å². The Labute approximate surface area is 277 Å². The number of fused-ring (bicyclic) bond motifs is 3. The van der Waals surface area contributed by atoms with E-state index in [2.05, 4.69) is 188 Å². The Kier molecular flexibility index (Phi) is 7.51. The maximum atomic E-state index is 2.43. The molecule has 1 nitrogen and oxygen atoms in total. The maximum absolute atomic E-state index is 2.43. The fraction of sp³-hybridized carbons (Fsp3) is 0.0870. The quantitative estimate of drug-likeness (QED) is 0.171. The first-order valence-corrected chi connectivity index (χ1v) is 16.6. The van der Waals surface area contributed by atoms with Crippen molar-refractivity contribution in [2.24, 2.45) is 0 Å². The lowest BCUT2D eigenvalue weighted by molar-refractivity contribution is 0.780. The predicted octanol–water partition coefficient (Wildman–Crippen LogP) is 12.6. The van der Waals surface area contributed by atoms with Gasteiger partial charge in [0.05, 0.1) is 11.0 Å². The van der Waals surface area contributed by atoms with Gasteiger partial charge in [0.15, 0.2) is 0 Å². The third-order valence-corrected chi connectivity index (χ3v) is 9.71. The molecule has 0 fully saturated rings. The zero-order valence-corrected chi connectivity index (χ0v) is 26.9. The molecule has 226 valence electrons. The van der Waals surface area contributed by atoms with Gasteiger partial charge in [-0.2, -0.15) is 0 Å². The molecule has 0 saturated carbocycles. The van der Waals surface area contributed by atoms with Crippen LogP contribution in [0.5, 0.6) is 0 Å². The molecule has 1 aromatic heterocycles. The summed E-state index contributed by atoms with van der Waals surface area (Å²) >= 11 is 0. The summed E-state index contributed by atoms with van der Waals surface area (Å²) in [6.45, 7) is 4.55. The van der Waals surface area contributed by atoms with Gasteiger partial charge in [-0.3, -0.25) is 0 Å². The molecular weight excluding hydrogens is 567 g/mol. The zero-order chi connectivity index (χ0) is 31.7. The van der Waals surface area contributed by atoms with E-state index in [-0.39, 0.29) is 5.92 Å². The summed E-state index contributed by atoms with van der Waals surface area (Å²) in [4.78, 5) is 0. The smallest absolute Gasteiger partial charge is 0.0541 e. The molecule has 8 rings (SSSR count). The first kappa shape index (κ1) is 28.8. The summed E-state index contributed by atoms with van der Waals surface area (Å²) in [5.41, 5.74) is 15.3. The molecule has 0 amide bonds. The van der Waals surface area contributed by atoms with Crippen molar-refractivity contribution in [2.45, 2.75) is 26.2 Å². The Bertz CT molecular complexity index is 2340. The van der Waals surface area contributed by atoms with Crippen LogP contribution in [0.25, 0.3) is 60.9 Å². The Balaban J connectivity index is 1.31. The molecule has 1 atom stereocenters. The number of hydrogen-bond donors (Lipinski definition) is 0. The molecule has 47 heavy (non-hydrogen) atoms. The van der Waals surface area contributed by atoms with E-state index in [9.17, 15) is 0 Å². The first-order valence-electron chi connectivity index (χ1n) is 16.6. The van der Waals surface area contributed by atoms with E-state index in [1.807, 2.05) is 0 Å². The van der Waals surface area contributed by atoms with Gasteiger partial charge >= 0.3 is 0 Å². The molecular formula is C46H37N. The average molecular weight is 604 g/mol. The Morgan fingerprint density at radius 2 is 1.04 bits per heavy atom. The highest BCUT2D eigenvalue weighted by molar-refractivity contribution is 6.10. The van der Waals surface area contributed by atoms with Gasteiger partial charge in [-0.1, -0.05) is 140 Å². The van der Waals surface area contributed by atoms with Crippen molar-refractivity contribution in [2.75, 3.05) is 0 Å². The number of para-hydroxylation sites is 2. The van der Waals surface area contributed by atoms with E-state index in [1.54, 1.807) is 0 Å². The molecule has 0 radical (unpaired) electrons. The van der Waals surface area contributed by atoms with Gasteiger partial charge < -0.3 is 4.57 Å². The lowest BCUT2D eigenvalue weighted by atomic mass is 9.79. The van der Waals surface area contributed by atoms with Gasteiger partial charge in [0.1, 0.15) is 0 Å². The van der Waals surface area contributed by atoms with Crippen LogP contribution in [-0.2, 0) is 0 Å². The van der Waals surface area contributed by atoms with Crippen molar-refractivity contribution >= 4 is 21.8 Å². The van der Waals surface area contributed by atoms with Gasteiger partial charge in [-0.15, -0.1) is 0 Å². The van der Waals surface area contributed by atoms with Gasteiger partial charge in [0.25, 0.3) is 0 Å².